The van der Waals surface area contributed by atoms with Gasteiger partial charge < -0.3 is 19.7 Å². The van der Waals surface area contributed by atoms with Crippen LogP contribution in [0.4, 0.5) is 29.3 Å². The second-order valence-corrected chi connectivity index (χ2v) is 10.9. The summed E-state index contributed by atoms with van der Waals surface area (Å²) < 4.78 is 47.5. The first kappa shape index (κ1) is 30.4. The maximum absolute atomic E-state index is 13.1. The van der Waals surface area contributed by atoms with Gasteiger partial charge in [-0.3, -0.25) is 9.69 Å². The molecular formula is C28H35ClF3N3O4. The lowest BCUT2D eigenvalue weighted by Gasteiger charge is -2.35. The Balaban J connectivity index is 1.73. The van der Waals surface area contributed by atoms with E-state index >= 15 is 0 Å². The van der Waals surface area contributed by atoms with Gasteiger partial charge >= 0.3 is 12.5 Å². The Hall–Kier alpha value is -3.14. The third kappa shape index (κ3) is 9.23. The van der Waals surface area contributed by atoms with Crippen LogP contribution in [0, 0.1) is 0 Å². The van der Waals surface area contributed by atoms with Crippen molar-refractivity contribution >= 4 is 35.0 Å². The summed E-state index contributed by atoms with van der Waals surface area (Å²) in [7, 11) is 0. The Morgan fingerprint density at radius 2 is 1.87 bits per heavy atom. The van der Waals surface area contributed by atoms with E-state index < -0.39 is 24.1 Å². The van der Waals surface area contributed by atoms with Crippen molar-refractivity contribution in [1.82, 2.24) is 4.90 Å². The van der Waals surface area contributed by atoms with Gasteiger partial charge in [-0.2, -0.15) is 0 Å². The van der Waals surface area contributed by atoms with E-state index in [9.17, 15) is 22.8 Å². The molecule has 0 unspecified atom stereocenters. The van der Waals surface area contributed by atoms with Gasteiger partial charge in [0, 0.05) is 25.3 Å². The Labute approximate surface area is 232 Å². The maximum atomic E-state index is 13.1. The van der Waals surface area contributed by atoms with E-state index in [2.05, 4.69) is 10.1 Å². The third-order valence-corrected chi connectivity index (χ3v) is 6.29. The van der Waals surface area contributed by atoms with Crippen LogP contribution >= 0.6 is 11.6 Å². The molecule has 0 saturated carbocycles. The standard InChI is InChI=1S/C28H35ClF3N3O4/c1-5-14-34(18-19-9-8-10-21(16-19)38-28(30,31)32)23-13-12-20(17-22(23)29)33-25(36)24-11-6-7-15-35(24)26(37)39-27(2,3)4/h8-10,12-13,16-17,24H,5-7,11,14-15,18H2,1-4H3,(H,33,36)/t24-/m1/s1. The second kappa shape index (κ2) is 12.8. The van der Waals surface area contributed by atoms with Crippen molar-refractivity contribution in [3.63, 3.8) is 0 Å². The molecule has 1 fully saturated rings. The predicted octanol–water partition coefficient (Wildman–Crippen LogP) is 7.38. The zero-order valence-corrected chi connectivity index (χ0v) is 23.4. The fourth-order valence-electron chi connectivity index (χ4n) is 4.43. The summed E-state index contributed by atoms with van der Waals surface area (Å²) in [6.45, 7) is 8.67. The molecule has 2 aromatic carbocycles. The van der Waals surface area contributed by atoms with Crippen molar-refractivity contribution in [3.05, 3.63) is 53.1 Å². The molecule has 0 radical (unpaired) electrons. The van der Waals surface area contributed by atoms with Crippen LogP contribution < -0.4 is 15.0 Å². The fraction of sp³-hybridized carbons (Fsp3) is 0.500. The molecule has 2 aromatic rings. The highest BCUT2D eigenvalue weighted by Gasteiger charge is 2.35. The molecule has 0 spiro atoms. The number of alkyl halides is 3. The molecular weight excluding hydrogens is 535 g/mol. The number of nitrogens with zero attached hydrogens (tertiary/aromatic N) is 2. The molecule has 3 rings (SSSR count). The van der Waals surface area contributed by atoms with E-state index in [0.717, 1.165) is 19.3 Å². The van der Waals surface area contributed by atoms with Crippen molar-refractivity contribution < 1.29 is 32.2 Å². The molecule has 1 aliphatic heterocycles. The highest BCUT2D eigenvalue weighted by Crippen LogP contribution is 2.32. The molecule has 1 aliphatic rings. The summed E-state index contributed by atoms with van der Waals surface area (Å²) in [5.41, 5.74) is 1.10. The number of halogens is 4. The van der Waals surface area contributed by atoms with Crippen LogP contribution in [0.15, 0.2) is 42.5 Å². The molecule has 1 atom stereocenters. The van der Waals surface area contributed by atoms with Crippen molar-refractivity contribution in [2.24, 2.45) is 0 Å². The SMILES string of the molecule is CCCN(Cc1cccc(OC(F)(F)F)c1)c1ccc(NC(=O)[C@H]2CCCCN2C(=O)OC(C)(C)C)cc1Cl. The molecule has 1 saturated heterocycles. The van der Waals surface area contributed by atoms with Crippen molar-refractivity contribution in [2.75, 3.05) is 23.3 Å². The Morgan fingerprint density at radius 3 is 2.51 bits per heavy atom. The monoisotopic (exact) mass is 569 g/mol. The van der Waals surface area contributed by atoms with Gasteiger partial charge in [0.05, 0.1) is 10.7 Å². The largest absolute Gasteiger partial charge is 0.573 e. The minimum atomic E-state index is -4.77. The van der Waals surface area contributed by atoms with Crippen molar-refractivity contribution in [1.29, 1.82) is 0 Å². The van der Waals surface area contributed by atoms with E-state index in [0.29, 0.717) is 48.0 Å². The summed E-state index contributed by atoms with van der Waals surface area (Å²) in [4.78, 5) is 29.3. The second-order valence-electron chi connectivity index (χ2n) is 10.5. The van der Waals surface area contributed by atoms with Gasteiger partial charge in [-0.1, -0.05) is 30.7 Å². The van der Waals surface area contributed by atoms with Crippen LogP contribution in [0.25, 0.3) is 0 Å². The van der Waals surface area contributed by atoms with Gasteiger partial charge in [0.1, 0.15) is 17.4 Å². The molecule has 7 nitrogen and oxygen atoms in total. The third-order valence-electron chi connectivity index (χ3n) is 5.99. The summed E-state index contributed by atoms with van der Waals surface area (Å²) in [5, 5.41) is 3.23. The molecule has 39 heavy (non-hydrogen) atoms. The molecule has 1 N–H and O–H groups in total. The number of rotatable bonds is 8. The minimum absolute atomic E-state index is 0.288. The minimum Gasteiger partial charge on any atom is -0.444 e. The summed E-state index contributed by atoms with van der Waals surface area (Å²) in [6.07, 6.45) is -2.38. The average Bonchev–Trinajstić information content (AvgIpc) is 2.82. The van der Waals surface area contributed by atoms with Gasteiger partial charge in [0.2, 0.25) is 5.91 Å². The van der Waals surface area contributed by atoms with Gasteiger partial charge in [-0.05, 0) is 82.3 Å². The molecule has 1 heterocycles. The van der Waals surface area contributed by atoms with Gasteiger partial charge in [-0.15, -0.1) is 13.2 Å². The number of hydrogen-bond donors (Lipinski definition) is 1. The van der Waals surface area contributed by atoms with E-state index in [1.54, 1.807) is 45.0 Å². The number of hydrogen-bond acceptors (Lipinski definition) is 5. The number of amides is 2. The number of anilines is 2. The van der Waals surface area contributed by atoms with E-state index in [-0.39, 0.29) is 11.7 Å². The maximum Gasteiger partial charge on any atom is 0.573 e. The lowest BCUT2D eigenvalue weighted by Crippen LogP contribution is -2.51. The molecule has 0 bridgehead atoms. The first-order valence-electron chi connectivity index (χ1n) is 13.0. The number of carbonyl (C=O) groups is 2. The topological polar surface area (TPSA) is 71.1 Å². The number of ether oxygens (including phenoxy) is 2. The van der Waals surface area contributed by atoms with Crippen LogP contribution in [-0.2, 0) is 16.1 Å². The van der Waals surface area contributed by atoms with E-state index in [1.807, 2.05) is 11.8 Å². The van der Waals surface area contributed by atoms with Crippen molar-refractivity contribution in [3.8, 4) is 5.75 Å². The predicted molar refractivity (Wildman–Crippen MR) is 145 cm³/mol. The zero-order chi connectivity index (χ0) is 28.8. The number of nitrogens with one attached hydrogen (secondary N) is 1. The molecule has 214 valence electrons. The Bertz CT molecular complexity index is 1150. The first-order valence-corrected chi connectivity index (χ1v) is 13.3. The Kier molecular flexibility index (Phi) is 9.98. The van der Waals surface area contributed by atoms with Crippen LogP contribution in [0.3, 0.4) is 0 Å². The number of likely N-dealkylation sites (tertiary alicyclic amines) is 1. The first-order chi connectivity index (χ1) is 18.3. The zero-order valence-electron chi connectivity index (χ0n) is 22.6. The normalized spacial score (nSPS) is 16.0. The molecule has 2 amide bonds. The molecule has 0 aliphatic carbocycles. The smallest absolute Gasteiger partial charge is 0.444 e. The van der Waals surface area contributed by atoms with Crippen LogP contribution in [0.5, 0.6) is 5.75 Å². The lowest BCUT2D eigenvalue weighted by atomic mass is 10.0. The van der Waals surface area contributed by atoms with Crippen LogP contribution in [0.1, 0.15) is 58.9 Å². The summed E-state index contributed by atoms with van der Waals surface area (Å²) in [5.74, 6) is -0.611. The fourth-order valence-corrected chi connectivity index (χ4v) is 4.73. The molecule has 0 aromatic heterocycles. The summed E-state index contributed by atoms with van der Waals surface area (Å²) in [6, 6.07) is 10.3. The van der Waals surface area contributed by atoms with Gasteiger partial charge in [-0.25, -0.2) is 4.79 Å². The number of carbonyl (C=O) groups excluding carboxylic acids is 2. The van der Waals surface area contributed by atoms with Gasteiger partial charge in [0.15, 0.2) is 0 Å². The quantitative estimate of drug-likeness (QED) is 0.359. The molecule has 11 heteroatoms. The highest BCUT2D eigenvalue weighted by atomic mass is 35.5. The number of piperidine rings is 1. The average molecular weight is 570 g/mol. The Morgan fingerprint density at radius 1 is 1.13 bits per heavy atom. The van der Waals surface area contributed by atoms with E-state index in [4.69, 9.17) is 16.3 Å². The van der Waals surface area contributed by atoms with Crippen molar-refractivity contribution in [2.45, 2.75) is 77.9 Å². The lowest BCUT2D eigenvalue weighted by molar-refractivity contribution is -0.274. The number of benzene rings is 2. The van der Waals surface area contributed by atoms with E-state index in [1.165, 1.54) is 23.1 Å². The highest BCUT2D eigenvalue weighted by molar-refractivity contribution is 6.33. The van der Waals surface area contributed by atoms with Crippen LogP contribution in [-0.4, -0.2) is 48.0 Å². The van der Waals surface area contributed by atoms with Crippen LogP contribution in [0.2, 0.25) is 5.02 Å². The summed E-state index contributed by atoms with van der Waals surface area (Å²) >= 11 is 6.61. The van der Waals surface area contributed by atoms with Gasteiger partial charge in [0.25, 0.3) is 0 Å².